The molecule has 1 heteroatoms. The molecule has 0 aromatic heterocycles. The quantitative estimate of drug-likeness (QED) is 0.586. The van der Waals surface area contributed by atoms with Crippen LogP contribution in [0.25, 0.3) is 0 Å². The van der Waals surface area contributed by atoms with Gasteiger partial charge in [0.05, 0.1) is 0 Å². The number of hydrogen-bond donors (Lipinski definition) is 1. The van der Waals surface area contributed by atoms with Crippen molar-refractivity contribution >= 4 is 0 Å². The Morgan fingerprint density at radius 1 is 0.944 bits per heavy atom. The van der Waals surface area contributed by atoms with Gasteiger partial charge >= 0.3 is 0 Å². The van der Waals surface area contributed by atoms with E-state index in [0.29, 0.717) is 5.75 Å². The second kappa shape index (κ2) is 9.02. The summed E-state index contributed by atoms with van der Waals surface area (Å²) in [4.78, 5) is 0. The molecular formula is C17H28O. The minimum Gasteiger partial charge on any atom is -0.508 e. The van der Waals surface area contributed by atoms with Gasteiger partial charge in [-0.05, 0) is 36.5 Å². The molecule has 0 heterocycles. The average Bonchev–Trinajstić information content (AvgIpc) is 2.37. The SMILES string of the molecule is CCCCCC[C@H](C)CCCc1ccc(O)cc1. The zero-order valence-corrected chi connectivity index (χ0v) is 12.0. The fourth-order valence-corrected chi connectivity index (χ4v) is 2.38. The van der Waals surface area contributed by atoms with Crippen LogP contribution >= 0.6 is 0 Å². The molecule has 18 heavy (non-hydrogen) atoms. The van der Waals surface area contributed by atoms with Crippen LogP contribution in [0.15, 0.2) is 24.3 Å². The van der Waals surface area contributed by atoms with Crippen LogP contribution in [0.2, 0.25) is 0 Å². The van der Waals surface area contributed by atoms with Gasteiger partial charge in [0.1, 0.15) is 5.75 Å². The van der Waals surface area contributed by atoms with E-state index in [1.165, 1.54) is 50.5 Å². The van der Waals surface area contributed by atoms with E-state index in [0.717, 1.165) is 12.3 Å². The maximum absolute atomic E-state index is 9.21. The van der Waals surface area contributed by atoms with Crippen LogP contribution in [0.4, 0.5) is 0 Å². The molecule has 0 aliphatic heterocycles. The van der Waals surface area contributed by atoms with E-state index in [1.807, 2.05) is 12.1 Å². The van der Waals surface area contributed by atoms with Crippen molar-refractivity contribution < 1.29 is 5.11 Å². The topological polar surface area (TPSA) is 20.2 Å². The number of aryl methyl sites for hydroxylation is 1. The van der Waals surface area contributed by atoms with Crippen molar-refractivity contribution in [3.8, 4) is 5.75 Å². The Morgan fingerprint density at radius 3 is 2.28 bits per heavy atom. The molecule has 0 saturated heterocycles. The van der Waals surface area contributed by atoms with E-state index in [1.54, 1.807) is 12.1 Å². The van der Waals surface area contributed by atoms with Gasteiger partial charge in [0.15, 0.2) is 0 Å². The number of aromatic hydroxyl groups is 1. The minimum atomic E-state index is 0.364. The molecule has 0 saturated carbocycles. The summed E-state index contributed by atoms with van der Waals surface area (Å²) in [7, 11) is 0. The van der Waals surface area contributed by atoms with Gasteiger partial charge in [-0.25, -0.2) is 0 Å². The van der Waals surface area contributed by atoms with Gasteiger partial charge < -0.3 is 5.11 Å². The lowest BCUT2D eigenvalue weighted by atomic mass is 9.96. The van der Waals surface area contributed by atoms with Crippen LogP contribution in [0.3, 0.4) is 0 Å². The summed E-state index contributed by atoms with van der Waals surface area (Å²) >= 11 is 0. The number of benzene rings is 1. The van der Waals surface area contributed by atoms with Crippen molar-refractivity contribution in [3.63, 3.8) is 0 Å². The Balaban J connectivity index is 2.07. The third kappa shape index (κ3) is 6.68. The normalized spacial score (nSPS) is 12.6. The summed E-state index contributed by atoms with van der Waals surface area (Å²) in [6.45, 7) is 4.64. The molecule has 1 N–H and O–H groups in total. The fourth-order valence-electron chi connectivity index (χ4n) is 2.38. The smallest absolute Gasteiger partial charge is 0.115 e. The Labute approximate surface area is 112 Å². The van der Waals surface area contributed by atoms with Crippen molar-refractivity contribution in [2.45, 2.75) is 65.2 Å². The lowest BCUT2D eigenvalue weighted by Crippen LogP contribution is -1.96. The van der Waals surface area contributed by atoms with Gasteiger partial charge in [-0.1, -0.05) is 64.5 Å². The Hall–Kier alpha value is -0.980. The van der Waals surface area contributed by atoms with Crippen molar-refractivity contribution in [2.24, 2.45) is 5.92 Å². The minimum absolute atomic E-state index is 0.364. The van der Waals surface area contributed by atoms with Crippen LogP contribution in [0.1, 0.15) is 64.4 Å². The zero-order valence-electron chi connectivity index (χ0n) is 12.0. The van der Waals surface area contributed by atoms with Crippen molar-refractivity contribution in [3.05, 3.63) is 29.8 Å². The third-order valence-corrected chi connectivity index (χ3v) is 3.65. The van der Waals surface area contributed by atoms with Crippen LogP contribution in [-0.4, -0.2) is 5.11 Å². The molecule has 102 valence electrons. The van der Waals surface area contributed by atoms with Gasteiger partial charge in [-0.3, -0.25) is 0 Å². The highest BCUT2D eigenvalue weighted by Gasteiger charge is 2.02. The molecule has 1 aromatic carbocycles. The highest BCUT2D eigenvalue weighted by atomic mass is 16.3. The number of unbranched alkanes of at least 4 members (excludes halogenated alkanes) is 3. The van der Waals surface area contributed by atoms with E-state index in [4.69, 9.17) is 0 Å². The number of hydrogen-bond acceptors (Lipinski definition) is 1. The Morgan fingerprint density at radius 2 is 1.61 bits per heavy atom. The summed E-state index contributed by atoms with van der Waals surface area (Å²) in [6.07, 6.45) is 10.6. The second-order valence-corrected chi connectivity index (χ2v) is 5.51. The first kappa shape index (κ1) is 15.1. The Kier molecular flexibility index (Phi) is 7.55. The zero-order chi connectivity index (χ0) is 13.2. The van der Waals surface area contributed by atoms with Gasteiger partial charge in [-0.2, -0.15) is 0 Å². The molecule has 0 bridgehead atoms. The lowest BCUT2D eigenvalue weighted by Gasteiger charge is -2.11. The average molecular weight is 248 g/mol. The molecule has 0 unspecified atom stereocenters. The molecular weight excluding hydrogens is 220 g/mol. The maximum Gasteiger partial charge on any atom is 0.115 e. The molecule has 0 aliphatic carbocycles. The van der Waals surface area contributed by atoms with Crippen LogP contribution < -0.4 is 0 Å². The number of phenolic OH excluding ortho intramolecular Hbond substituents is 1. The summed E-state index contributed by atoms with van der Waals surface area (Å²) in [5, 5.41) is 9.21. The first-order chi connectivity index (χ1) is 8.72. The van der Waals surface area contributed by atoms with Crippen molar-refractivity contribution in [2.75, 3.05) is 0 Å². The molecule has 1 rings (SSSR count). The van der Waals surface area contributed by atoms with E-state index in [9.17, 15) is 5.11 Å². The van der Waals surface area contributed by atoms with E-state index < -0.39 is 0 Å². The molecule has 0 radical (unpaired) electrons. The van der Waals surface area contributed by atoms with Crippen LogP contribution in [0.5, 0.6) is 5.75 Å². The molecule has 1 nitrogen and oxygen atoms in total. The van der Waals surface area contributed by atoms with Crippen LogP contribution in [-0.2, 0) is 6.42 Å². The largest absolute Gasteiger partial charge is 0.508 e. The van der Waals surface area contributed by atoms with E-state index in [-0.39, 0.29) is 0 Å². The first-order valence-electron chi connectivity index (χ1n) is 7.50. The van der Waals surface area contributed by atoms with Gasteiger partial charge in [0.25, 0.3) is 0 Å². The van der Waals surface area contributed by atoms with Gasteiger partial charge in [0, 0.05) is 0 Å². The molecule has 1 atom stereocenters. The third-order valence-electron chi connectivity index (χ3n) is 3.65. The molecule has 0 spiro atoms. The molecule has 0 amide bonds. The highest BCUT2D eigenvalue weighted by molar-refractivity contribution is 5.25. The fraction of sp³-hybridized carbons (Fsp3) is 0.647. The lowest BCUT2D eigenvalue weighted by molar-refractivity contribution is 0.447. The number of phenols is 1. The Bertz CT molecular complexity index is 302. The second-order valence-electron chi connectivity index (χ2n) is 5.51. The van der Waals surface area contributed by atoms with Gasteiger partial charge in [0.2, 0.25) is 0 Å². The maximum atomic E-state index is 9.21. The van der Waals surface area contributed by atoms with Gasteiger partial charge in [-0.15, -0.1) is 0 Å². The highest BCUT2D eigenvalue weighted by Crippen LogP contribution is 2.18. The summed E-state index contributed by atoms with van der Waals surface area (Å²) in [5.74, 6) is 1.22. The van der Waals surface area contributed by atoms with Crippen molar-refractivity contribution in [1.29, 1.82) is 0 Å². The monoisotopic (exact) mass is 248 g/mol. The summed E-state index contributed by atoms with van der Waals surface area (Å²) in [6, 6.07) is 7.62. The number of rotatable bonds is 9. The summed E-state index contributed by atoms with van der Waals surface area (Å²) < 4.78 is 0. The van der Waals surface area contributed by atoms with Crippen LogP contribution in [0, 0.1) is 5.92 Å². The molecule has 0 aliphatic rings. The standard InChI is InChI=1S/C17H28O/c1-3-4-5-6-8-15(2)9-7-10-16-11-13-17(18)14-12-16/h11-15,18H,3-10H2,1-2H3/t15-/m0/s1. The predicted molar refractivity (Wildman–Crippen MR) is 79.0 cm³/mol. The van der Waals surface area contributed by atoms with E-state index >= 15 is 0 Å². The van der Waals surface area contributed by atoms with E-state index in [2.05, 4.69) is 13.8 Å². The molecule has 1 aromatic rings. The first-order valence-corrected chi connectivity index (χ1v) is 7.50. The molecule has 0 fully saturated rings. The summed E-state index contributed by atoms with van der Waals surface area (Å²) in [5.41, 5.74) is 1.34. The van der Waals surface area contributed by atoms with Crippen molar-refractivity contribution in [1.82, 2.24) is 0 Å². The predicted octanol–water partition coefficient (Wildman–Crippen LogP) is 5.32.